The Balaban J connectivity index is 1.92. The molecule has 0 aromatic heterocycles. The molecule has 4 nitrogen and oxygen atoms in total. The predicted octanol–water partition coefficient (Wildman–Crippen LogP) is 2.44. The lowest BCUT2D eigenvalue weighted by atomic mass is 10.0. The van der Waals surface area contributed by atoms with Gasteiger partial charge in [0.15, 0.2) is 0 Å². The Morgan fingerprint density at radius 2 is 1.76 bits per heavy atom. The molecule has 1 N–H and O–H groups in total. The molecule has 0 aliphatic carbocycles. The SMILES string of the molecule is CCc1ccc(C(C)NC(=O)C(=O)N2CCCCC2)cc1. The van der Waals surface area contributed by atoms with Crippen molar-refractivity contribution < 1.29 is 9.59 Å². The van der Waals surface area contributed by atoms with Gasteiger partial charge in [0.2, 0.25) is 0 Å². The molecule has 114 valence electrons. The average Bonchev–Trinajstić information content (AvgIpc) is 2.55. The lowest BCUT2D eigenvalue weighted by Gasteiger charge is -2.26. The summed E-state index contributed by atoms with van der Waals surface area (Å²) in [4.78, 5) is 25.8. The first-order valence-corrected chi connectivity index (χ1v) is 7.80. The molecular formula is C17H24N2O2. The van der Waals surface area contributed by atoms with Crippen molar-refractivity contribution in [2.24, 2.45) is 0 Å². The fraction of sp³-hybridized carbons (Fsp3) is 0.529. The van der Waals surface area contributed by atoms with Crippen LogP contribution in [0.15, 0.2) is 24.3 Å². The summed E-state index contributed by atoms with van der Waals surface area (Å²) in [6, 6.07) is 7.98. The minimum Gasteiger partial charge on any atom is -0.341 e. The first kappa shape index (κ1) is 15.5. The van der Waals surface area contributed by atoms with Crippen LogP contribution in [-0.2, 0) is 16.0 Å². The third-order valence-electron chi connectivity index (χ3n) is 4.07. The van der Waals surface area contributed by atoms with E-state index in [1.165, 1.54) is 5.56 Å². The number of amides is 2. The highest BCUT2D eigenvalue weighted by Crippen LogP contribution is 2.14. The van der Waals surface area contributed by atoms with E-state index in [0.717, 1.165) is 31.2 Å². The number of likely N-dealkylation sites (tertiary alicyclic amines) is 1. The Morgan fingerprint density at radius 3 is 2.33 bits per heavy atom. The molecule has 0 radical (unpaired) electrons. The molecule has 21 heavy (non-hydrogen) atoms. The van der Waals surface area contributed by atoms with Crippen molar-refractivity contribution in [3.8, 4) is 0 Å². The first-order chi connectivity index (χ1) is 10.1. The number of piperidine rings is 1. The van der Waals surface area contributed by atoms with Crippen molar-refractivity contribution in [3.63, 3.8) is 0 Å². The molecule has 1 fully saturated rings. The van der Waals surface area contributed by atoms with Crippen LogP contribution in [-0.4, -0.2) is 29.8 Å². The van der Waals surface area contributed by atoms with E-state index in [-0.39, 0.29) is 6.04 Å². The summed E-state index contributed by atoms with van der Waals surface area (Å²) in [7, 11) is 0. The maximum absolute atomic E-state index is 12.1. The topological polar surface area (TPSA) is 49.4 Å². The van der Waals surface area contributed by atoms with E-state index in [1.54, 1.807) is 4.90 Å². The van der Waals surface area contributed by atoms with Gasteiger partial charge in [-0.05, 0) is 43.7 Å². The molecule has 1 aliphatic heterocycles. The molecule has 1 aromatic rings. The molecule has 1 aliphatic rings. The number of carbonyl (C=O) groups excluding carboxylic acids is 2. The summed E-state index contributed by atoms with van der Waals surface area (Å²) in [5.41, 5.74) is 2.29. The Kier molecular flexibility index (Phi) is 5.37. The van der Waals surface area contributed by atoms with Gasteiger partial charge in [-0.1, -0.05) is 31.2 Å². The van der Waals surface area contributed by atoms with Crippen LogP contribution in [0, 0.1) is 0 Å². The first-order valence-electron chi connectivity index (χ1n) is 7.80. The monoisotopic (exact) mass is 288 g/mol. The highest BCUT2D eigenvalue weighted by molar-refractivity contribution is 6.35. The Morgan fingerprint density at radius 1 is 1.14 bits per heavy atom. The summed E-state index contributed by atoms with van der Waals surface area (Å²) in [5, 5.41) is 2.80. The van der Waals surface area contributed by atoms with Crippen LogP contribution in [0.2, 0.25) is 0 Å². The van der Waals surface area contributed by atoms with Gasteiger partial charge >= 0.3 is 11.8 Å². The molecule has 1 saturated heterocycles. The average molecular weight is 288 g/mol. The molecule has 1 heterocycles. The normalized spacial score (nSPS) is 16.4. The van der Waals surface area contributed by atoms with Crippen LogP contribution in [0.1, 0.15) is 50.3 Å². The predicted molar refractivity (Wildman–Crippen MR) is 82.8 cm³/mol. The number of hydrogen-bond acceptors (Lipinski definition) is 2. The molecule has 1 atom stereocenters. The summed E-state index contributed by atoms with van der Waals surface area (Å²) in [5.74, 6) is -0.893. The van der Waals surface area contributed by atoms with Crippen molar-refractivity contribution in [3.05, 3.63) is 35.4 Å². The summed E-state index contributed by atoms with van der Waals surface area (Å²) < 4.78 is 0. The van der Waals surface area contributed by atoms with E-state index in [2.05, 4.69) is 24.4 Å². The van der Waals surface area contributed by atoms with Gasteiger partial charge in [-0.15, -0.1) is 0 Å². The van der Waals surface area contributed by atoms with Crippen molar-refractivity contribution in [2.75, 3.05) is 13.1 Å². The molecule has 0 spiro atoms. The van der Waals surface area contributed by atoms with Gasteiger partial charge in [0.25, 0.3) is 0 Å². The molecule has 1 aromatic carbocycles. The Bertz CT molecular complexity index is 490. The van der Waals surface area contributed by atoms with Gasteiger partial charge in [0.1, 0.15) is 0 Å². The van der Waals surface area contributed by atoms with Gasteiger partial charge in [-0.3, -0.25) is 9.59 Å². The number of rotatable bonds is 3. The van der Waals surface area contributed by atoms with Crippen molar-refractivity contribution >= 4 is 11.8 Å². The van der Waals surface area contributed by atoms with E-state index in [1.807, 2.05) is 19.1 Å². The lowest BCUT2D eigenvalue weighted by molar-refractivity contribution is -0.146. The third kappa shape index (κ3) is 4.06. The minimum atomic E-state index is -0.496. The lowest BCUT2D eigenvalue weighted by Crippen LogP contribution is -2.45. The number of carbonyl (C=O) groups is 2. The summed E-state index contributed by atoms with van der Waals surface area (Å²) >= 11 is 0. The summed E-state index contributed by atoms with van der Waals surface area (Å²) in [6.45, 7) is 5.41. The molecular weight excluding hydrogens is 264 g/mol. The Hall–Kier alpha value is -1.84. The van der Waals surface area contributed by atoms with Crippen LogP contribution < -0.4 is 5.32 Å². The number of hydrogen-bond donors (Lipinski definition) is 1. The second-order valence-corrected chi connectivity index (χ2v) is 5.64. The zero-order valence-corrected chi connectivity index (χ0v) is 12.9. The second kappa shape index (κ2) is 7.25. The number of nitrogens with zero attached hydrogens (tertiary/aromatic N) is 1. The van der Waals surface area contributed by atoms with Crippen molar-refractivity contribution in [2.45, 2.75) is 45.6 Å². The van der Waals surface area contributed by atoms with Gasteiger partial charge < -0.3 is 10.2 Å². The second-order valence-electron chi connectivity index (χ2n) is 5.64. The van der Waals surface area contributed by atoms with Crippen LogP contribution in [0.5, 0.6) is 0 Å². The quantitative estimate of drug-likeness (QED) is 0.869. The molecule has 2 amide bonds. The molecule has 2 rings (SSSR count). The summed E-state index contributed by atoms with van der Waals surface area (Å²) in [6.07, 6.45) is 4.13. The van der Waals surface area contributed by atoms with Crippen molar-refractivity contribution in [1.29, 1.82) is 0 Å². The minimum absolute atomic E-state index is 0.155. The van der Waals surface area contributed by atoms with E-state index in [9.17, 15) is 9.59 Å². The Labute approximate surface area is 126 Å². The van der Waals surface area contributed by atoms with E-state index < -0.39 is 11.8 Å². The fourth-order valence-electron chi connectivity index (χ4n) is 2.62. The number of aryl methyl sites for hydroxylation is 1. The van der Waals surface area contributed by atoms with Gasteiger partial charge in [-0.25, -0.2) is 0 Å². The highest BCUT2D eigenvalue weighted by atomic mass is 16.2. The van der Waals surface area contributed by atoms with E-state index in [4.69, 9.17) is 0 Å². The maximum atomic E-state index is 12.1. The fourth-order valence-corrected chi connectivity index (χ4v) is 2.62. The standard InChI is InChI=1S/C17H24N2O2/c1-3-14-7-9-15(10-8-14)13(2)18-16(20)17(21)19-11-5-4-6-12-19/h7-10,13H,3-6,11-12H2,1-2H3,(H,18,20). The van der Waals surface area contributed by atoms with Crippen LogP contribution in [0.3, 0.4) is 0 Å². The van der Waals surface area contributed by atoms with Gasteiger partial charge in [0.05, 0.1) is 6.04 Å². The molecule has 1 unspecified atom stereocenters. The van der Waals surface area contributed by atoms with Crippen LogP contribution in [0.25, 0.3) is 0 Å². The third-order valence-corrected chi connectivity index (χ3v) is 4.07. The number of benzene rings is 1. The number of nitrogens with one attached hydrogen (secondary N) is 1. The maximum Gasteiger partial charge on any atom is 0.311 e. The molecule has 4 heteroatoms. The van der Waals surface area contributed by atoms with Crippen LogP contribution >= 0.6 is 0 Å². The van der Waals surface area contributed by atoms with Gasteiger partial charge in [-0.2, -0.15) is 0 Å². The highest BCUT2D eigenvalue weighted by Gasteiger charge is 2.24. The molecule has 0 saturated carbocycles. The molecule has 0 bridgehead atoms. The van der Waals surface area contributed by atoms with Crippen LogP contribution in [0.4, 0.5) is 0 Å². The van der Waals surface area contributed by atoms with Gasteiger partial charge in [0, 0.05) is 13.1 Å². The zero-order chi connectivity index (χ0) is 15.2. The smallest absolute Gasteiger partial charge is 0.311 e. The largest absolute Gasteiger partial charge is 0.341 e. The van der Waals surface area contributed by atoms with E-state index in [0.29, 0.717) is 13.1 Å². The zero-order valence-electron chi connectivity index (χ0n) is 12.9. The van der Waals surface area contributed by atoms with Crippen molar-refractivity contribution in [1.82, 2.24) is 10.2 Å². The van der Waals surface area contributed by atoms with E-state index >= 15 is 0 Å².